The molecule has 0 aromatic heterocycles. The van der Waals surface area contributed by atoms with Crippen LogP contribution in [0.25, 0.3) is 0 Å². The van der Waals surface area contributed by atoms with E-state index in [-0.39, 0.29) is 5.54 Å². The van der Waals surface area contributed by atoms with Gasteiger partial charge in [-0.3, -0.25) is 9.98 Å². The molecule has 0 radical (unpaired) electrons. The van der Waals surface area contributed by atoms with E-state index < -0.39 is 0 Å². The standard InChI is InChI=1S/C10H19N3/c1-8-5-12-9(6-11-8)7-13-10(2,3)4/h6,8,13H,5,7H2,1-4H3. The van der Waals surface area contributed by atoms with Gasteiger partial charge in [-0.1, -0.05) is 0 Å². The second kappa shape index (κ2) is 4.01. The summed E-state index contributed by atoms with van der Waals surface area (Å²) in [7, 11) is 0. The molecule has 1 atom stereocenters. The Hall–Kier alpha value is -0.700. The van der Waals surface area contributed by atoms with Crippen LogP contribution in [0.2, 0.25) is 0 Å². The molecule has 1 aliphatic heterocycles. The SMILES string of the molecule is CC1CN=C(CNC(C)(C)C)C=N1. The average molecular weight is 181 g/mol. The topological polar surface area (TPSA) is 36.8 Å². The number of hydrogen-bond acceptors (Lipinski definition) is 3. The van der Waals surface area contributed by atoms with Crippen molar-refractivity contribution in [1.82, 2.24) is 5.32 Å². The highest BCUT2D eigenvalue weighted by molar-refractivity contribution is 6.32. The van der Waals surface area contributed by atoms with Crippen LogP contribution in [0.15, 0.2) is 9.98 Å². The molecule has 13 heavy (non-hydrogen) atoms. The maximum absolute atomic E-state index is 4.42. The molecule has 1 unspecified atom stereocenters. The van der Waals surface area contributed by atoms with Gasteiger partial charge in [-0.05, 0) is 27.7 Å². The summed E-state index contributed by atoms with van der Waals surface area (Å²) in [4.78, 5) is 8.73. The minimum absolute atomic E-state index is 0.152. The molecular formula is C10H19N3. The molecule has 0 bridgehead atoms. The number of nitrogens with one attached hydrogen (secondary N) is 1. The van der Waals surface area contributed by atoms with Crippen LogP contribution in [0.3, 0.4) is 0 Å². The first-order valence-electron chi connectivity index (χ1n) is 4.79. The van der Waals surface area contributed by atoms with Gasteiger partial charge >= 0.3 is 0 Å². The molecule has 0 aromatic rings. The molecule has 3 heteroatoms. The summed E-state index contributed by atoms with van der Waals surface area (Å²) >= 11 is 0. The molecule has 0 aliphatic carbocycles. The Balaban J connectivity index is 2.36. The first-order chi connectivity index (χ1) is 5.97. The lowest BCUT2D eigenvalue weighted by Gasteiger charge is -2.21. The van der Waals surface area contributed by atoms with Gasteiger partial charge in [0.2, 0.25) is 0 Å². The van der Waals surface area contributed by atoms with Crippen LogP contribution in [0.1, 0.15) is 27.7 Å². The van der Waals surface area contributed by atoms with Crippen molar-refractivity contribution in [2.75, 3.05) is 13.1 Å². The number of aliphatic imine (C=N–C) groups is 2. The predicted octanol–water partition coefficient (Wildman–Crippen LogP) is 1.29. The summed E-state index contributed by atoms with van der Waals surface area (Å²) in [6.07, 6.45) is 1.88. The minimum Gasteiger partial charge on any atom is -0.306 e. The van der Waals surface area contributed by atoms with E-state index in [4.69, 9.17) is 0 Å². The van der Waals surface area contributed by atoms with E-state index in [0.29, 0.717) is 6.04 Å². The summed E-state index contributed by atoms with van der Waals surface area (Å²) in [6, 6.07) is 0.360. The molecule has 0 saturated carbocycles. The van der Waals surface area contributed by atoms with Gasteiger partial charge in [0.15, 0.2) is 0 Å². The van der Waals surface area contributed by atoms with Crippen LogP contribution < -0.4 is 5.32 Å². The largest absolute Gasteiger partial charge is 0.306 e. The highest BCUT2D eigenvalue weighted by Crippen LogP contribution is 1.99. The summed E-state index contributed by atoms with van der Waals surface area (Å²) in [5.74, 6) is 0. The van der Waals surface area contributed by atoms with Gasteiger partial charge in [-0.25, -0.2) is 0 Å². The Labute approximate surface area is 80.4 Å². The third-order valence-corrected chi connectivity index (χ3v) is 1.84. The molecule has 1 aliphatic rings. The highest BCUT2D eigenvalue weighted by atomic mass is 15.0. The third kappa shape index (κ3) is 4.18. The van der Waals surface area contributed by atoms with E-state index in [1.54, 1.807) is 0 Å². The zero-order valence-electron chi connectivity index (χ0n) is 8.96. The van der Waals surface area contributed by atoms with Crippen molar-refractivity contribution in [3.8, 4) is 0 Å². The highest BCUT2D eigenvalue weighted by Gasteiger charge is 2.11. The normalized spacial score (nSPS) is 23.1. The van der Waals surface area contributed by atoms with Crippen molar-refractivity contribution >= 4 is 11.9 Å². The van der Waals surface area contributed by atoms with Crippen LogP contribution in [-0.2, 0) is 0 Å². The number of rotatable bonds is 2. The lowest BCUT2D eigenvalue weighted by molar-refractivity contribution is 0.455. The lowest BCUT2D eigenvalue weighted by atomic mass is 10.1. The quantitative estimate of drug-likeness (QED) is 0.684. The van der Waals surface area contributed by atoms with Crippen molar-refractivity contribution in [1.29, 1.82) is 0 Å². The van der Waals surface area contributed by atoms with E-state index in [9.17, 15) is 0 Å². The van der Waals surface area contributed by atoms with Crippen molar-refractivity contribution in [2.24, 2.45) is 9.98 Å². The first kappa shape index (κ1) is 10.4. The van der Waals surface area contributed by atoms with Crippen LogP contribution in [0.4, 0.5) is 0 Å². The average Bonchev–Trinajstić information content (AvgIpc) is 2.02. The molecule has 3 nitrogen and oxygen atoms in total. The molecule has 74 valence electrons. The summed E-state index contributed by atoms with van der Waals surface area (Å²) < 4.78 is 0. The van der Waals surface area contributed by atoms with E-state index in [1.807, 2.05) is 6.21 Å². The van der Waals surface area contributed by atoms with Gasteiger partial charge in [0, 0.05) is 18.3 Å². The Kier molecular flexibility index (Phi) is 3.20. The van der Waals surface area contributed by atoms with Crippen molar-refractivity contribution in [2.45, 2.75) is 39.3 Å². The zero-order valence-corrected chi connectivity index (χ0v) is 8.96. The van der Waals surface area contributed by atoms with Gasteiger partial charge in [0.05, 0.1) is 18.3 Å². The Morgan fingerprint density at radius 2 is 2.23 bits per heavy atom. The van der Waals surface area contributed by atoms with Gasteiger partial charge in [0.1, 0.15) is 0 Å². The summed E-state index contributed by atoms with van der Waals surface area (Å²) in [6.45, 7) is 10.2. The Morgan fingerprint density at radius 3 is 2.69 bits per heavy atom. The summed E-state index contributed by atoms with van der Waals surface area (Å²) in [5.41, 5.74) is 1.22. The molecule has 0 aromatic carbocycles. The van der Waals surface area contributed by atoms with Gasteiger partial charge in [-0.15, -0.1) is 0 Å². The number of nitrogens with zero attached hydrogens (tertiary/aromatic N) is 2. The zero-order chi connectivity index (χ0) is 9.90. The molecule has 1 rings (SSSR count). The fourth-order valence-electron chi connectivity index (χ4n) is 1.01. The fraction of sp³-hybridized carbons (Fsp3) is 0.800. The molecule has 0 spiro atoms. The molecule has 0 fully saturated rings. The summed E-state index contributed by atoms with van der Waals surface area (Å²) in [5, 5.41) is 3.38. The van der Waals surface area contributed by atoms with Crippen LogP contribution in [0.5, 0.6) is 0 Å². The van der Waals surface area contributed by atoms with Crippen molar-refractivity contribution < 1.29 is 0 Å². The Bertz CT molecular complexity index is 223. The fourth-order valence-corrected chi connectivity index (χ4v) is 1.01. The van der Waals surface area contributed by atoms with Crippen molar-refractivity contribution in [3.05, 3.63) is 0 Å². The first-order valence-corrected chi connectivity index (χ1v) is 4.79. The molecular weight excluding hydrogens is 162 g/mol. The smallest absolute Gasteiger partial charge is 0.0667 e. The van der Waals surface area contributed by atoms with Gasteiger partial charge in [-0.2, -0.15) is 0 Å². The Morgan fingerprint density at radius 1 is 1.54 bits per heavy atom. The van der Waals surface area contributed by atoms with Crippen LogP contribution >= 0.6 is 0 Å². The lowest BCUT2D eigenvalue weighted by Crippen LogP contribution is -2.40. The van der Waals surface area contributed by atoms with Crippen LogP contribution in [-0.4, -0.2) is 36.6 Å². The van der Waals surface area contributed by atoms with Gasteiger partial charge in [0.25, 0.3) is 0 Å². The van der Waals surface area contributed by atoms with E-state index in [0.717, 1.165) is 18.8 Å². The molecule has 1 N–H and O–H groups in total. The van der Waals surface area contributed by atoms with Gasteiger partial charge < -0.3 is 5.32 Å². The monoisotopic (exact) mass is 181 g/mol. The molecule has 0 saturated heterocycles. The second-order valence-electron chi connectivity index (χ2n) is 4.56. The maximum atomic E-state index is 4.42. The second-order valence-corrected chi connectivity index (χ2v) is 4.56. The molecule has 1 heterocycles. The minimum atomic E-state index is 0.152. The maximum Gasteiger partial charge on any atom is 0.0667 e. The van der Waals surface area contributed by atoms with E-state index in [1.165, 1.54) is 0 Å². The van der Waals surface area contributed by atoms with E-state index >= 15 is 0 Å². The number of hydrogen-bond donors (Lipinski definition) is 1. The molecule has 0 amide bonds. The van der Waals surface area contributed by atoms with E-state index in [2.05, 4.69) is 43.0 Å². The van der Waals surface area contributed by atoms with Crippen LogP contribution in [0, 0.1) is 0 Å². The van der Waals surface area contributed by atoms with Crippen molar-refractivity contribution in [3.63, 3.8) is 0 Å². The predicted molar refractivity (Wildman–Crippen MR) is 58.0 cm³/mol. The third-order valence-electron chi connectivity index (χ3n) is 1.84.